The summed E-state index contributed by atoms with van der Waals surface area (Å²) in [6, 6.07) is 6.08. The minimum atomic E-state index is 0.0363. The second-order valence-electron chi connectivity index (χ2n) is 8.67. The average Bonchev–Trinajstić information content (AvgIpc) is 2.74. The molecule has 4 rings (SSSR count). The van der Waals surface area contributed by atoms with E-state index in [1.165, 1.54) is 24.1 Å². The molecule has 0 amide bonds. The molecule has 0 atom stereocenters. The molecule has 3 heterocycles. The second kappa shape index (κ2) is 8.36. The van der Waals surface area contributed by atoms with Crippen molar-refractivity contribution in [2.24, 2.45) is 5.92 Å². The Labute approximate surface area is 172 Å². The third-order valence-electron chi connectivity index (χ3n) is 6.26. The second-order valence-corrected chi connectivity index (χ2v) is 8.67. The van der Waals surface area contributed by atoms with Gasteiger partial charge >= 0.3 is 0 Å². The third kappa shape index (κ3) is 4.19. The SMILES string of the molecule is CC(C)c1cc(=O)n(CC2CCN(c3nc4c(cc3C#N)CCCC4)CC2)cn1. The van der Waals surface area contributed by atoms with Crippen LogP contribution in [0.5, 0.6) is 0 Å². The van der Waals surface area contributed by atoms with Gasteiger partial charge in [-0.1, -0.05) is 13.8 Å². The van der Waals surface area contributed by atoms with Crippen LogP contribution in [0.15, 0.2) is 23.3 Å². The Balaban J connectivity index is 1.44. The van der Waals surface area contributed by atoms with Crippen molar-refractivity contribution in [3.63, 3.8) is 0 Å². The molecule has 1 aliphatic carbocycles. The normalized spacial score (nSPS) is 17.2. The lowest BCUT2D eigenvalue weighted by molar-refractivity contribution is 0.349. The summed E-state index contributed by atoms with van der Waals surface area (Å²) in [6.07, 6.45) is 8.11. The first-order valence-electron chi connectivity index (χ1n) is 10.8. The minimum Gasteiger partial charge on any atom is -0.355 e. The molecule has 1 aliphatic heterocycles. The standard InChI is InChI=1S/C23H29N5O/c1-16(2)21-12-22(29)28(15-25-21)14-17-7-9-27(10-8-17)23-19(13-24)11-18-5-3-4-6-20(18)26-23/h11-12,15-17H,3-10,14H2,1-2H3. The van der Waals surface area contributed by atoms with Crippen LogP contribution in [0, 0.1) is 17.2 Å². The average molecular weight is 392 g/mol. The van der Waals surface area contributed by atoms with E-state index in [2.05, 4.69) is 22.0 Å². The summed E-state index contributed by atoms with van der Waals surface area (Å²) in [7, 11) is 0. The fourth-order valence-corrected chi connectivity index (χ4v) is 4.44. The third-order valence-corrected chi connectivity index (χ3v) is 6.26. The van der Waals surface area contributed by atoms with Crippen molar-refractivity contribution in [2.45, 2.75) is 64.8 Å². The molecule has 0 bridgehead atoms. The predicted molar refractivity (Wildman–Crippen MR) is 113 cm³/mol. The van der Waals surface area contributed by atoms with E-state index >= 15 is 0 Å². The van der Waals surface area contributed by atoms with E-state index in [4.69, 9.17) is 4.98 Å². The number of piperidine rings is 1. The first-order chi connectivity index (χ1) is 14.0. The summed E-state index contributed by atoms with van der Waals surface area (Å²) in [5, 5.41) is 9.63. The van der Waals surface area contributed by atoms with Crippen molar-refractivity contribution >= 4 is 5.82 Å². The van der Waals surface area contributed by atoms with Crippen LogP contribution in [0.25, 0.3) is 0 Å². The summed E-state index contributed by atoms with van der Waals surface area (Å²) in [5.74, 6) is 1.56. The lowest BCUT2D eigenvalue weighted by Crippen LogP contribution is -2.37. The quantitative estimate of drug-likeness (QED) is 0.798. The fourth-order valence-electron chi connectivity index (χ4n) is 4.44. The van der Waals surface area contributed by atoms with E-state index in [1.54, 1.807) is 17.0 Å². The molecule has 6 nitrogen and oxygen atoms in total. The van der Waals surface area contributed by atoms with Crippen molar-refractivity contribution in [3.8, 4) is 6.07 Å². The maximum absolute atomic E-state index is 12.4. The van der Waals surface area contributed by atoms with Gasteiger partial charge in [0.1, 0.15) is 11.9 Å². The zero-order chi connectivity index (χ0) is 20.4. The van der Waals surface area contributed by atoms with Gasteiger partial charge in [-0.25, -0.2) is 9.97 Å². The van der Waals surface area contributed by atoms with Crippen LogP contribution < -0.4 is 10.5 Å². The Bertz CT molecular complexity index is 980. The first-order valence-corrected chi connectivity index (χ1v) is 10.8. The highest BCUT2D eigenvalue weighted by Gasteiger charge is 2.24. The van der Waals surface area contributed by atoms with E-state index < -0.39 is 0 Å². The zero-order valence-corrected chi connectivity index (χ0v) is 17.4. The van der Waals surface area contributed by atoms with E-state index in [0.717, 1.165) is 50.3 Å². The van der Waals surface area contributed by atoms with Crippen LogP contribution in [0.4, 0.5) is 5.82 Å². The molecule has 2 aromatic heterocycles. The van der Waals surface area contributed by atoms with Gasteiger partial charge in [0.2, 0.25) is 0 Å². The summed E-state index contributed by atoms with van der Waals surface area (Å²) < 4.78 is 1.74. The highest BCUT2D eigenvalue weighted by atomic mass is 16.1. The van der Waals surface area contributed by atoms with Crippen LogP contribution in [-0.4, -0.2) is 27.6 Å². The number of rotatable bonds is 4. The number of hydrogen-bond acceptors (Lipinski definition) is 5. The van der Waals surface area contributed by atoms with Gasteiger partial charge in [-0.05, 0) is 62.0 Å². The summed E-state index contributed by atoms with van der Waals surface area (Å²) in [4.78, 5) is 24.0. The molecule has 29 heavy (non-hydrogen) atoms. The van der Waals surface area contributed by atoms with E-state index in [-0.39, 0.29) is 11.5 Å². The van der Waals surface area contributed by atoms with Crippen molar-refractivity contribution in [1.82, 2.24) is 14.5 Å². The predicted octanol–water partition coefficient (Wildman–Crippen LogP) is 3.43. The molecule has 152 valence electrons. The molecule has 0 aromatic carbocycles. The Morgan fingerprint density at radius 3 is 2.66 bits per heavy atom. The van der Waals surface area contributed by atoms with Gasteiger partial charge in [-0.3, -0.25) is 9.36 Å². The fraction of sp³-hybridized carbons (Fsp3) is 0.565. The molecule has 1 fully saturated rings. The topological polar surface area (TPSA) is 74.8 Å². The van der Waals surface area contributed by atoms with E-state index in [1.807, 2.05) is 13.8 Å². The lowest BCUT2D eigenvalue weighted by atomic mass is 9.93. The number of aryl methyl sites for hydroxylation is 2. The minimum absolute atomic E-state index is 0.0363. The monoisotopic (exact) mass is 391 g/mol. The number of nitrogens with zero attached hydrogens (tertiary/aromatic N) is 5. The maximum atomic E-state index is 12.4. The van der Waals surface area contributed by atoms with Crippen molar-refractivity contribution in [3.05, 3.63) is 51.3 Å². The first kappa shape index (κ1) is 19.6. The van der Waals surface area contributed by atoms with Gasteiger partial charge in [0.15, 0.2) is 0 Å². The maximum Gasteiger partial charge on any atom is 0.253 e. The summed E-state index contributed by atoms with van der Waals surface area (Å²) >= 11 is 0. The van der Waals surface area contributed by atoms with E-state index in [0.29, 0.717) is 18.0 Å². The number of aromatic nitrogens is 3. The lowest BCUT2D eigenvalue weighted by Gasteiger charge is -2.34. The molecular formula is C23H29N5O. The van der Waals surface area contributed by atoms with Crippen LogP contribution in [-0.2, 0) is 19.4 Å². The largest absolute Gasteiger partial charge is 0.355 e. The van der Waals surface area contributed by atoms with Gasteiger partial charge in [0.05, 0.1) is 17.6 Å². The molecule has 0 spiro atoms. The molecule has 0 unspecified atom stereocenters. The van der Waals surface area contributed by atoms with Crippen LogP contribution in [0.3, 0.4) is 0 Å². The summed E-state index contributed by atoms with van der Waals surface area (Å²) in [6.45, 7) is 6.55. The van der Waals surface area contributed by atoms with Crippen LogP contribution >= 0.6 is 0 Å². The number of fused-ring (bicyclic) bond motifs is 1. The molecule has 2 aromatic rings. The Morgan fingerprint density at radius 1 is 1.21 bits per heavy atom. The van der Waals surface area contributed by atoms with Gasteiger partial charge in [-0.15, -0.1) is 0 Å². The summed E-state index contributed by atoms with van der Waals surface area (Å²) in [5.41, 5.74) is 4.02. The van der Waals surface area contributed by atoms with Crippen molar-refractivity contribution in [2.75, 3.05) is 18.0 Å². The number of pyridine rings is 1. The smallest absolute Gasteiger partial charge is 0.253 e. The van der Waals surface area contributed by atoms with Crippen molar-refractivity contribution < 1.29 is 0 Å². The molecule has 1 saturated heterocycles. The molecule has 0 N–H and O–H groups in total. The molecular weight excluding hydrogens is 362 g/mol. The molecule has 6 heteroatoms. The Morgan fingerprint density at radius 2 is 1.97 bits per heavy atom. The number of hydrogen-bond donors (Lipinski definition) is 0. The van der Waals surface area contributed by atoms with Crippen LogP contribution in [0.1, 0.15) is 68.0 Å². The van der Waals surface area contributed by atoms with E-state index in [9.17, 15) is 10.1 Å². The Hall–Kier alpha value is -2.68. The highest BCUT2D eigenvalue weighted by molar-refractivity contribution is 5.56. The van der Waals surface area contributed by atoms with Crippen LogP contribution in [0.2, 0.25) is 0 Å². The molecule has 0 radical (unpaired) electrons. The zero-order valence-electron chi connectivity index (χ0n) is 17.4. The van der Waals surface area contributed by atoms with Gasteiger partial charge in [0, 0.05) is 31.4 Å². The molecule has 2 aliphatic rings. The molecule has 0 saturated carbocycles. The number of nitriles is 1. The van der Waals surface area contributed by atoms with Gasteiger partial charge in [-0.2, -0.15) is 5.26 Å². The van der Waals surface area contributed by atoms with Gasteiger partial charge in [0.25, 0.3) is 5.56 Å². The number of anilines is 1. The van der Waals surface area contributed by atoms with Gasteiger partial charge < -0.3 is 4.90 Å². The highest BCUT2D eigenvalue weighted by Crippen LogP contribution is 2.29. The van der Waals surface area contributed by atoms with Crippen molar-refractivity contribution in [1.29, 1.82) is 5.26 Å². The Kier molecular flexibility index (Phi) is 5.66.